The highest BCUT2D eigenvalue weighted by Gasteiger charge is 2.03. The van der Waals surface area contributed by atoms with Gasteiger partial charge < -0.3 is 9.26 Å². The minimum Gasteiger partial charge on any atom is -0.487 e. The summed E-state index contributed by atoms with van der Waals surface area (Å²) in [6.45, 7) is 6.11. The smallest absolute Gasteiger partial charge is 0.163 e. The van der Waals surface area contributed by atoms with Crippen molar-refractivity contribution < 1.29 is 9.26 Å². The number of rotatable bonds is 10. The van der Waals surface area contributed by atoms with E-state index in [0.717, 1.165) is 31.5 Å². The monoisotopic (exact) mass is 256 g/mol. The Morgan fingerprint density at radius 3 is 2.41 bits per heavy atom. The molecular formula is C14H25O2P. The molecule has 1 unspecified atom stereocenters. The van der Waals surface area contributed by atoms with Crippen molar-refractivity contribution in [3.8, 4) is 5.48 Å². The Hall–Kier alpha value is -0.460. The maximum absolute atomic E-state index is 5.86. The number of ether oxygens (including phenoxy) is 1. The van der Waals surface area contributed by atoms with Gasteiger partial charge in [-0.1, -0.05) is 45.6 Å². The van der Waals surface area contributed by atoms with Gasteiger partial charge in [-0.3, -0.25) is 0 Å². The van der Waals surface area contributed by atoms with Crippen molar-refractivity contribution in [1.29, 1.82) is 0 Å². The van der Waals surface area contributed by atoms with E-state index in [4.69, 9.17) is 9.26 Å². The molecule has 0 spiro atoms. The van der Waals surface area contributed by atoms with Crippen LogP contribution in [0.25, 0.3) is 0 Å². The fraction of sp³-hybridized carbons (Fsp3) is 0.714. The van der Waals surface area contributed by atoms with Gasteiger partial charge in [0.1, 0.15) is 0 Å². The lowest BCUT2D eigenvalue weighted by Crippen LogP contribution is -1.98. The maximum atomic E-state index is 5.86. The average Bonchev–Trinajstić information content (AvgIpc) is 2.78. The van der Waals surface area contributed by atoms with Gasteiger partial charge in [-0.2, -0.15) is 0 Å². The van der Waals surface area contributed by atoms with E-state index in [0.29, 0.717) is 0 Å². The Balaban J connectivity index is 2.22. The summed E-state index contributed by atoms with van der Waals surface area (Å²) in [5.74, 6) is 2.14. The van der Waals surface area contributed by atoms with Gasteiger partial charge >= 0.3 is 0 Å². The van der Waals surface area contributed by atoms with E-state index in [-0.39, 0.29) is 0 Å². The maximum Gasteiger partial charge on any atom is 0.163 e. The Bertz CT molecular complexity index is 257. The molecular weight excluding hydrogens is 231 g/mol. The van der Waals surface area contributed by atoms with Gasteiger partial charge in [0.15, 0.2) is 5.48 Å². The molecule has 1 aromatic rings. The van der Waals surface area contributed by atoms with Gasteiger partial charge in [0.05, 0.1) is 21.0 Å². The first-order valence-electron chi connectivity index (χ1n) is 6.82. The van der Waals surface area contributed by atoms with E-state index in [1.54, 1.807) is 0 Å². The van der Waals surface area contributed by atoms with Crippen molar-refractivity contribution in [2.24, 2.45) is 0 Å². The van der Waals surface area contributed by atoms with Crippen molar-refractivity contribution in [3.63, 3.8) is 0 Å². The zero-order valence-electron chi connectivity index (χ0n) is 11.2. The summed E-state index contributed by atoms with van der Waals surface area (Å²) >= 11 is 0. The molecule has 0 radical (unpaired) electrons. The highest BCUT2D eigenvalue weighted by atomic mass is 31.1. The van der Waals surface area contributed by atoms with Crippen LogP contribution >= 0.6 is 7.76 Å². The van der Waals surface area contributed by atoms with Crippen LogP contribution in [0.3, 0.4) is 0 Å². The van der Waals surface area contributed by atoms with E-state index >= 15 is 0 Å². The zero-order chi connectivity index (χ0) is 12.3. The fourth-order valence-corrected chi connectivity index (χ4v) is 2.99. The summed E-state index contributed by atoms with van der Waals surface area (Å²) in [4.78, 5) is 0. The van der Waals surface area contributed by atoms with Crippen molar-refractivity contribution in [2.45, 2.75) is 52.4 Å². The first-order valence-corrected chi connectivity index (χ1v) is 8.14. The van der Waals surface area contributed by atoms with Crippen LogP contribution in [0, 0.1) is 0 Å². The lowest BCUT2D eigenvalue weighted by molar-refractivity contribution is 0.309. The minimum absolute atomic E-state index is 0.588. The molecule has 0 amide bonds. The van der Waals surface area contributed by atoms with Gasteiger partial charge in [-0.05, 0) is 24.7 Å². The van der Waals surface area contributed by atoms with E-state index in [9.17, 15) is 0 Å². The molecule has 0 aliphatic carbocycles. The highest BCUT2D eigenvalue weighted by molar-refractivity contribution is 7.46. The van der Waals surface area contributed by atoms with Crippen molar-refractivity contribution in [3.05, 3.63) is 17.9 Å². The molecule has 2 nitrogen and oxygen atoms in total. The van der Waals surface area contributed by atoms with Crippen molar-refractivity contribution >= 4 is 7.76 Å². The third-order valence-corrected chi connectivity index (χ3v) is 4.27. The van der Waals surface area contributed by atoms with Gasteiger partial charge in [-0.25, -0.2) is 0 Å². The second kappa shape index (κ2) is 9.56. The Morgan fingerprint density at radius 1 is 1.00 bits per heavy atom. The molecule has 1 heterocycles. The lowest BCUT2D eigenvalue weighted by atomic mass is 10.3. The molecule has 3 heteroatoms. The first-order chi connectivity index (χ1) is 8.38. The van der Waals surface area contributed by atoms with Crippen LogP contribution in [0.15, 0.2) is 17.9 Å². The number of unbranched alkanes of at least 4 members (excludes halogenated alkanes) is 4. The van der Waals surface area contributed by atoms with Gasteiger partial charge in [0.25, 0.3) is 0 Å². The Kier molecular flexibility index (Phi) is 8.21. The van der Waals surface area contributed by atoms with E-state index in [1.165, 1.54) is 25.7 Å². The zero-order valence-corrected chi connectivity index (χ0v) is 12.0. The quantitative estimate of drug-likeness (QED) is 0.556. The molecule has 0 N–H and O–H groups in total. The average molecular weight is 256 g/mol. The van der Waals surface area contributed by atoms with E-state index in [2.05, 4.69) is 31.8 Å². The van der Waals surface area contributed by atoms with Crippen molar-refractivity contribution in [1.82, 2.24) is 0 Å². The van der Waals surface area contributed by atoms with Crippen LogP contribution in [-0.4, -0.2) is 13.2 Å². The molecule has 98 valence electrons. The molecule has 1 aromatic heterocycles. The van der Waals surface area contributed by atoms with Gasteiger partial charge in [0.2, 0.25) is 0 Å². The molecule has 0 fully saturated rings. The molecule has 0 aliphatic rings. The number of hydrogen-bond acceptors (Lipinski definition) is 2. The largest absolute Gasteiger partial charge is 0.487 e. The van der Waals surface area contributed by atoms with Crippen LogP contribution in [0.2, 0.25) is 0 Å². The van der Waals surface area contributed by atoms with E-state index in [1.807, 2.05) is 0 Å². The van der Waals surface area contributed by atoms with Crippen LogP contribution in [0.1, 0.15) is 52.4 Å². The third-order valence-electron chi connectivity index (χ3n) is 2.65. The second-order valence-corrected chi connectivity index (χ2v) is 5.92. The highest BCUT2D eigenvalue weighted by Crippen LogP contribution is 2.39. The summed E-state index contributed by atoms with van der Waals surface area (Å²) in [5.41, 5.74) is 1.05. The van der Waals surface area contributed by atoms with Gasteiger partial charge in [-0.15, -0.1) is 0 Å². The second-order valence-electron chi connectivity index (χ2n) is 4.27. The van der Waals surface area contributed by atoms with Gasteiger partial charge in [0, 0.05) is 0 Å². The van der Waals surface area contributed by atoms with Crippen LogP contribution in [0.5, 0.6) is 5.48 Å². The van der Waals surface area contributed by atoms with E-state index < -0.39 is 7.76 Å². The van der Waals surface area contributed by atoms with Crippen LogP contribution in [-0.2, 0) is 0 Å². The Labute approximate surface area is 106 Å². The SMILES string of the molecule is CCCCCOc1cccp1OCCCCC. The molecule has 0 saturated heterocycles. The first kappa shape index (κ1) is 14.6. The standard InChI is InChI=1S/C14H25O2P/c1-3-5-7-11-15-14-10-9-13-17(14)16-12-8-6-4-2/h9-10,13H,3-8,11-12H2,1-2H3. The summed E-state index contributed by atoms with van der Waals surface area (Å²) in [6.07, 6.45) is 7.29. The molecule has 1 atom stereocenters. The molecule has 0 saturated carbocycles. The number of hydrogen-bond donors (Lipinski definition) is 0. The normalized spacial score (nSPS) is 11.8. The molecule has 1 rings (SSSR count). The molecule has 0 aromatic carbocycles. The summed E-state index contributed by atoms with van der Waals surface area (Å²) in [7, 11) is -0.588. The molecule has 17 heavy (non-hydrogen) atoms. The predicted octanol–water partition coefficient (Wildman–Crippen LogP) is 4.86. The van der Waals surface area contributed by atoms with Crippen molar-refractivity contribution in [2.75, 3.05) is 13.2 Å². The third kappa shape index (κ3) is 6.14. The topological polar surface area (TPSA) is 18.5 Å². The molecule has 0 bridgehead atoms. The summed E-state index contributed by atoms with van der Waals surface area (Å²) in [6, 6.07) is 4.11. The summed E-state index contributed by atoms with van der Waals surface area (Å²) < 4.78 is 11.6. The van der Waals surface area contributed by atoms with Crippen LogP contribution in [0.4, 0.5) is 0 Å². The molecule has 0 aliphatic heterocycles. The van der Waals surface area contributed by atoms with Crippen LogP contribution < -0.4 is 9.26 Å². The lowest BCUT2D eigenvalue weighted by Gasteiger charge is -2.08. The predicted molar refractivity (Wildman–Crippen MR) is 75.1 cm³/mol. The Morgan fingerprint density at radius 2 is 1.71 bits per heavy atom. The fourth-order valence-electron chi connectivity index (χ4n) is 1.61. The summed E-state index contributed by atoms with van der Waals surface area (Å²) in [5, 5.41) is 0. The minimum atomic E-state index is -0.588.